The lowest BCUT2D eigenvalue weighted by atomic mass is 10.2. The molecule has 0 unspecified atom stereocenters. The van der Waals surface area contributed by atoms with E-state index in [0.29, 0.717) is 12.8 Å². The molecular formula is C11H23NO2. The molecule has 0 aromatic rings. The van der Waals surface area contributed by atoms with Crippen LogP contribution in [0.4, 0.5) is 0 Å². The van der Waals surface area contributed by atoms with Crippen LogP contribution in [0.25, 0.3) is 0 Å². The molecule has 1 atom stereocenters. The number of rotatable bonds is 9. The predicted octanol–water partition coefficient (Wildman–Crippen LogP) is 1.45. The molecule has 0 aromatic heterocycles. The van der Waals surface area contributed by atoms with Gasteiger partial charge in [0.05, 0.1) is 0 Å². The van der Waals surface area contributed by atoms with Gasteiger partial charge in [0.25, 0.3) is 0 Å². The van der Waals surface area contributed by atoms with Crippen molar-refractivity contribution in [2.75, 3.05) is 19.6 Å². The third-order valence-corrected chi connectivity index (χ3v) is 2.26. The molecule has 0 amide bonds. The number of aldehydes is 1. The van der Waals surface area contributed by atoms with E-state index in [1.807, 2.05) is 0 Å². The first-order valence-corrected chi connectivity index (χ1v) is 5.60. The Morgan fingerprint density at radius 2 is 1.71 bits per heavy atom. The Hall–Kier alpha value is -0.410. The summed E-state index contributed by atoms with van der Waals surface area (Å²) in [5.41, 5.74) is 0. The quantitative estimate of drug-likeness (QED) is 0.574. The van der Waals surface area contributed by atoms with Crippen molar-refractivity contribution in [2.24, 2.45) is 0 Å². The maximum absolute atomic E-state index is 10.3. The first-order valence-electron chi connectivity index (χ1n) is 5.60. The maximum atomic E-state index is 10.3. The number of aliphatic hydroxyl groups excluding tert-OH is 1. The van der Waals surface area contributed by atoms with Gasteiger partial charge in [-0.15, -0.1) is 0 Å². The molecular weight excluding hydrogens is 178 g/mol. The molecule has 0 saturated carbocycles. The molecule has 0 bridgehead atoms. The summed E-state index contributed by atoms with van der Waals surface area (Å²) in [6.45, 7) is 6.76. The molecule has 0 radical (unpaired) electrons. The van der Waals surface area contributed by atoms with Gasteiger partial charge in [0.15, 0.2) is 0 Å². The monoisotopic (exact) mass is 201 g/mol. The van der Waals surface area contributed by atoms with Gasteiger partial charge in [-0.1, -0.05) is 26.7 Å². The number of nitrogens with zero attached hydrogens (tertiary/aromatic N) is 1. The van der Waals surface area contributed by atoms with Gasteiger partial charge in [-0.3, -0.25) is 0 Å². The predicted molar refractivity (Wildman–Crippen MR) is 58.3 cm³/mol. The lowest BCUT2D eigenvalue weighted by molar-refractivity contribution is -0.115. The minimum absolute atomic E-state index is 0.490. The molecule has 0 aliphatic carbocycles. The minimum atomic E-state index is -0.816. The second kappa shape index (κ2) is 9.16. The summed E-state index contributed by atoms with van der Waals surface area (Å²) in [6.07, 6.45) is 4.37. The van der Waals surface area contributed by atoms with Crippen LogP contribution in [0.3, 0.4) is 0 Å². The van der Waals surface area contributed by atoms with E-state index >= 15 is 0 Å². The average molecular weight is 201 g/mol. The zero-order valence-corrected chi connectivity index (χ0v) is 9.41. The number of hydrogen-bond donors (Lipinski definition) is 1. The molecule has 14 heavy (non-hydrogen) atoms. The summed E-state index contributed by atoms with van der Waals surface area (Å²) in [4.78, 5) is 12.5. The van der Waals surface area contributed by atoms with Crippen molar-refractivity contribution in [2.45, 2.75) is 45.6 Å². The molecule has 0 aliphatic rings. The fraction of sp³-hybridized carbons (Fsp3) is 0.909. The van der Waals surface area contributed by atoms with Crippen molar-refractivity contribution in [1.29, 1.82) is 0 Å². The summed E-state index contributed by atoms with van der Waals surface area (Å²) in [5.74, 6) is 0. The SMILES string of the molecule is CCCCN(CCCC)C[C@H](O)C=O. The van der Waals surface area contributed by atoms with Gasteiger partial charge in [0, 0.05) is 6.54 Å². The average Bonchev–Trinajstić information content (AvgIpc) is 2.21. The maximum Gasteiger partial charge on any atom is 0.149 e. The van der Waals surface area contributed by atoms with Crippen LogP contribution in [-0.2, 0) is 4.79 Å². The Bertz CT molecular complexity index is 131. The van der Waals surface area contributed by atoms with Crippen LogP contribution in [0.15, 0.2) is 0 Å². The zero-order chi connectivity index (χ0) is 10.8. The number of carbonyl (C=O) groups is 1. The summed E-state index contributed by atoms with van der Waals surface area (Å²) in [6, 6.07) is 0. The van der Waals surface area contributed by atoms with Crippen LogP contribution >= 0.6 is 0 Å². The highest BCUT2D eigenvalue weighted by Gasteiger charge is 2.09. The fourth-order valence-electron chi connectivity index (χ4n) is 1.37. The van der Waals surface area contributed by atoms with E-state index in [9.17, 15) is 9.90 Å². The fourth-order valence-corrected chi connectivity index (χ4v) is 1.37. The summed E-state index contributed by atoms with van der Waals surface area (Å²) < 4.78 is 0. The van der Waals surface area contributed by atoms with Crippen LogP contribution in [0.5, 0.6) is 0 Å². The Morgan fingerprint density at radius 3 is 2.07 bits per heavy atom. The lowest BCUT2D eigenvalue weighted by Crippen LogP contribution is -2.34. The van der Waals surface area contributed by atoms with Crippen molar-refractivity contribution >= 4 is 6.29 Å². The van der Waals surface area contributed by atoms with Crippen molar-refractivity contribution < 1.29 is 9.90 Å². The Kier molecular flexibility index (Phi) is 8.89. The molecule has 1 N–H and O–H groups in total. The van der Waals surface area contributed by atoms with Gasteiger partial charge in [0.2, 0.25) is 0 Å². The highest BCUT2D eigenvalue weighted by molar-refractivity contribution is 5.55. The number of unbranched alkanes of at least 4 members (excludes halogenated alkanes) is 2. The first-order chi connectivity index (χ1) is 6.74. The number of aliphatic hydroxyl groups is 1. The van der Waals surface area contributed by atoms with Crippen molar-refractivity contribution in [1.82, 2.24) is 4.90 Å². The first kappa shape index (κ1) is 13.6. The van der Waals surface area contributed by atoms with E-state index in [0.717, 1.165) is 38.8 Å². The molecule has 0 fully saturated rings. The van der Waals surface area contributed by atoms with Gasteiger partial charge in [-0.25, -0.2) is 0 Å². The van der Waals surface area contributed by atoms with Crippen LogP contribution in [0.1, 0.15) is 39.5 Å². The van der Waals surface area contributed by atoms with Gasteiger partial charge < -0.3 is 14.8 Å². The number of carbonyl (C=O) groups excluding carboxylic acids is 1. The highest BCUT2D eigenvalue weighted by atomic mass is 16.3. The topological polar surface area (TPSA) is 40.5 Å². The van der Waals surface area contributed by atoms with E-state index in [1.165, 1.54) is 0 Å². The zero-order valence-electron chi connectivity index (χ0n) is 9.41. The van der Waals surface area contributed by atoms with Gasteiger partial charge in [0.1, 0.15) is 12.4 Å². The Morgan fingerprint density at radius 1 is 1.21 bits per heavy atom. The van der Waals surface area contributed by atoms with E-state index in [1.54, 1.807) is 0 Å². The van der Waals surface area contributed by atoms with Crippen LogP contribution in [0.2, 0.25) is 0 Å². The largest absolute Gasteiger partial charge is 0.384 e. The standard InChI is InChI=1S/C11H23NO2/c1-3-5-7-12(8-6-4-2)9-11(14)10-13/h10-11,14H,3-9H2,1-2H3/t11-/m0/s1. The van der Waals surface area contributed by atoms with E-state index in [-0.39, 0.29) is 0 Å². The van der Waals surface area contributed by atoms with Gasteiger partial charge in [-0.05, 0) is 25.9 Å². The molecule has 84 valence electrons. The molecule has 0 heterocycles. The third kappa shape index (κ3) is 7.04. The van der Waals surface area contributed by atoms with Gasteiger partial charge >= 0.3 is 0 Å². The molecule has 3 nitrogen and oxygen atoms in total. The smallest absolute Gasteiger partial charge is 0.149 e. The van der Waals surface area contributed by atoms with Crippen LogP contribution < -0.4 is 0 Å². The Balaban J connectivity index is 3.76. The summed E-state index contributed by atoms with van der Waals surface area (Å²) in [5, 5.41) is 9.22. The van der Waals surface area contributed by atoms with Crippen LogP contribution in [0, 0.1) is 0 Å². The van der Waals surface area contributed by atoms with Crippen molar-refractivity contribution in [3.05, 3.63) is 0 Å². The van der Waals surface area contributed by atoms with Crippen molar-refractivity contribution in [3.63, 3.8) is 0 Å². The normalized spacial score (nSPS) is 13.1. The Labute approximate surface area is 87.1 Å². The lowest BCUT2D eigenvalue weighted by Gasteiger charge is -2.22. The van der Waals surface area contributed by atoms with E-state index in [2.05, 4.69) is 18.7 Å². The minimum Gasteiger partial charge on any atom is -0.384 e. The molecule has 0 rings (SSSR count). The molecule has 0 saturated heterocycles. The van der Waals surface area contributed by atoms with Gasteiger partial charge in [-0.2, -0.15) is 0 Å². The molecule has 3 heteroatoms. The third-order valence-electron chi connectivity index (χ3n) is 2.26. The summed E-state index contributed by atoms with van der Waals surface area (Å²) >= 11 is 0. The van der Waals surface area contributed by atoms with E-state index in [4.69, 9.17) is 0 Å². The second-order valence-electron chi connectivity index (χ2n) is 3.71. The number of hydrogen-bond acceptors (Lipinski definition) is 3. The van der Waals surface area contributed by atoms with Crippen molar-refractivity contribution in [3.8, 4) is 0 Å². The molecule has 0 spiro atoms. The highest BCUT2D eigenvalue weighted by Crippen LogP contribution is 2.00. The van der Waals surface area contributed by atoms with Crippen LogP contribution in [-0.4, -0.2) is 42.0 Å². The molecule has 0 aliphatic heterocycles. The van der Waals surface area contributed by atoms with E-state index < -0.39 is 6.10 Å². The molecule has 0 aromatic carbocycles. The second-order valence-corrected chi connectivity index (χ2v) is 3.71. The summed E-state index contributed by atoms with van der Waals surface area (Å²) in [7, 11) is 0.